The van der Waals surface area contributed by atoms with E-state index in [0.717, 1.165) is 12.8 Å². The molecule has 2 aliphatic heterocycles. The number of carbonyl (C=O) groups excluding carboxylic acids is 2. The second kappa shape index (κ2) is 7.82. The average Bonchev–Trinajstić information content (AvgIpc) is 2.95. The molecule has 0 bridgehead atoms. The summed E-state index contributed by atoms with van der Waals surface area (Å²) in [6.45, 7) is 2.90. The zero-order valence-electron chi connectivity index (χ0n) is 14.5. The molecule has 0 spiro atoms. The van der Waals surface area contributed by atoms with Crippen molar-refractivity contribution in [3.05, 3.63) is 23.8 Å². The van der Waals surface area contributed by atoms with Gasteiger partial charge in [-0.2, -0.15) is 0 Å². The van der Waals surface area contributed by atoms with Crippen molar-refractivity contribution in [2.75, 3.05) is 36.0 Å². The van der Waals surface area contributed by atoms with Gasteiger partial charge in [0.15, 0.2) is 0 Å². The van der Waals surface area contributed by atoms with Crippen molar-refractivity contribution < 1.29 is 23.1 Å². The first-order valence-corrected chi connectivity index (χ1v) is 9.97. The summed E-state index contributed by atoms with van der Waals surface area (Å²) in [4.78, 5) is 25.9. The standard InChI is InChI=1S/C17H22AsF2N3O3/c1-10(24)21-8-13-9-23(17(25)26-13)12-6-14(19)16(15(20)7-12)22-4-2-11(18)3-5-22/h6-7,11,13H,2-5,8-9,18H2,1H3,(H,21,24). The average molecular weight is 429 g/mol. The van der Waals surface area contributed by atoms with Gasteiger partial charge in [-0.15, -0.1) is 0 Å². The number of nitrogens with one attached hydrogen (secondary N) is 1. The van der Waals surface area contributed by atoms with Crippen LogP contribution in [0.2, 0.25) is 4.71 Å². The first kappa shape index (κ1) is 19.0. The summed E-state index contributed by atoms with van der Waals surface area (Å²) in [6, 6.07) is 2.34. The first-order valence-electron chi connectivity index (χ1n) is 8.57. The monoisotopic (exact) mass is 429 g/mol. The molecule has 2 saturated heterocycles. The number of amides is 2. The van der Waals surface area contributed by atoms with Crippen LogP contribution in [0.4, 0.5) is 25.0 Å². The zero-order chi connectivity index (χ0) is 18.8. The molecule has 6 nitrogen and oxygen atoms in total. The molecule has 0 saturated carbocycles. The number of nitrogens with zero attached hydrogens (tertiary/aromatic N) is 2. The summed E-state index contributed by atoms with van der Waals surface area (Å²) in [5, 5.41) is 2.56. The molecule has 2 amide bonds. The third-order valence-electron chi connectivity index (χ3n) is 4.62. The summed E-state index contributed by atoms with van der Waals surface area (Å²) >= 11 is 1.67. The molecule has 0 aromatic heterocycles. The first-order chi connectivity index (χ1) is 12.3. The summed E-state index contributed by atoms with van der Waals surface area (Å²) in [7, 11) is 0. The molecular formula is C17H22AsF2N3O3. The number of piperidine rings is 1. The topological polar surface area (TPSA) is 61.9 Å². The van der Waals surface area contributed by atoms with Crippen molar-refractivity contribution in [3.8, 4) is 0 Å². The Balaban J connectivity index is 1.75. The van der Waals surface area contributed by atoms with Gasteiger partial charge in [-0.05, 0) is 0 Å². The Labute approximate surface area is 159 Å². The van der Waals surface area contributed by atoms with Crippen LogP contribution in [0.25, 0.3) is 0 Å². The number of benzene rings is 1. The van der Waals surface area contributed by atoms with E-state index in [2.05, 4.69) is 5.32 Å². The van der Waals surface area contributed by atoms with Crippen molar-refractivity contribution in [2.45, 2.75) is 30.6 Å². The van der Waals surface area contributed by atoms with E-state index >= 15 is 0 Å². The summed E-state index contributed by atoms with van der Waals surface area (Å²) in [5.41, 5.74) is 0.0864. The maximum absolute atomic E-state index is 14.6. The van der Waals surface area contributed by atoms with Gasteiger partial charge < -0.3 is 5.32 Å². The molecule has 26 heavy (non-hydrogen) atoms. The Kier molecular flexibility index (Phi) is 5.70. The second-order valence-corrected chi connectivity index (χ2v) is 8.61. The van der Waals surface area contributed by atoms with Crippen molar-refractivity contribution in [3.63, 3.8) is 0 Å². The number of cyclic esters (lactones) is 1. The van der Waals surface area contributed by atoms with Gasteiger partial charge >= 0.3 is 136 Å². The molecule has 2 aliphatic rings. The number of anilines is 2. The van der Waals surface area contributed by atoms with E-state index in [1.54, 1.807) is 21.8 Å². The van der Waals surface area contributed by atoms with Gasteiger partial charge in [0.25, 0.3) is 0 Å². The van der Waals surface area contributed by atoms with Crippen LogP contribution in [-0.4, -0.2) is 61.1 Å². The van der Waals surface area contributed by atoms with Crippen LogP contribution in [0.3, 0.4) is 0 Å². The minimum absolute atomic E-state index is 0.0319. The van der Waals surface area contributed by atoms with Crippen LogP contribution in [0.1, 0.15) is 19.8 Å². The Bertz CT molecular complexity index is 687. The molecule has 1 N–H and O–H groups in total. The zero-order valence-corrected chi connectivity index (χ0v) is 16.9. The SMILES string of the molecule is CC(=O)NCC1CN(c2cc(F)c(N3CCC([AsH2])CC3)c(F)c2)C(=O)O1. The predicted octanol–water partition coefficient (Wildman–Crippen LogP) is 1.45. The van der Waals surface area contributed by atoms with Crippen LogP contribution < -0.4 is 15.1 Å². The molecule has 3 rings (SSSR count). The van der Waals surface area contributed by atoms with Gasteiger partial charge in [-0.25, -0.2) is 0 Å². The van der Waals surface area contributed by atoms with E-state index < -0.39 is 23.8 Å². The molecule has 0 aliphatic carbocycles. The Morgan fingerprint density at radius 1 is 1.31 bits per heavy atom. The van der Waals surface area contributed by atoms with Crippen LogP contribution in [0, 0.1) is 11.6 Å². The maximum atomic E-state index is 14.6. The van der Waals surface area contributed by atoms with E-state index in [1.165, 1.54) is 24.0 Å². The van der Waals surface area contributed by atoms with E-state index in [1.807, 2.05) is 0 Å². The molecule has 1 aromatic rings. The summed E-state index contributed by atoms with van der Waals surface area (Å²) in [6.07, 6.45) is 0.608. The Hall–Kier alpha value is -1.82. The number of carbonyl (C=O) groups is 2. The second-order valence-electron chi connectivity index (χ2n) is 6.64. The van der Waals surface area contributed by atoms with E-state index in [4.69, 9.17) is 4.74 Å². The summed E-state index contributed by atoms with van der Waals surface area (Å²) < 4.78 is 35.0. The van der Waals surface area contributed by atoms with Gasteiger partial charge in [0, 0.05) is 6.92 Å². The number of hydrogen-bond donors (Lipinski definition) is 1. The fourth-order valence-corrected chi connectivity index (χ4v) is 3.85. The van der Waals surface area contributed by atoms with Crippen LogP contribution in [0.5, 0.6) is 0 Å². The molecule has 142 valence electrons. The van der Waals surface area contributed by atoms with Crippen LogP contribution in [0.15, 0.2) is 12.1 Å². The predicted molar refractivity (Wildman–Crippen MR) is 96.4 cm³/mol. The Morgan fingerprint density at radius 2 is 1.92 bits per heavy atom. The number of ether oxygens (including phenoxy) is 1. The third kappa shape index (κ3) is 4.11. The van der Waals surface area contributed by atoms with Gasteiger partial charge in [0.05, 0.1) is 0 Å². The third-order valence-corrected chi connectivity index (χ3v) is 6.02. The molecule has 0 radical (unpaired) electrons. The van der Waals surface area contributed by atoms with Crippen molar-refractivity contribution in [1.82, 2.24) is 5.32 Å². The van der Waals surface area contributed by atoms with Crippen molar-refractivity contribution in [1.29, 1.82) is 0 Å². The van der Waals surface area contributed by atoms with Crippen molar-refractivity contribution >= 4 is 40.2 Å². The molecule has 2 fully saturated rings. The minimum atomic E-state index is -0.682. The fraction of sp³-hybridized carbons (Fsp3) is 0.529. The molecule has 9 heteroatoms. The molecule has 1 aromatic carbocycles. The van der Waals surface area contributed by atoms with Gasteiger partial charge in [0.2, 0.25) is 5.91 Å². The van der Waals surface area contributed by atoms with Gasteiger partial charge in [0.1, 0.15) is 0 Å². The summed E-state index contributed by atoms with van der Waals surface area (Å²) in [5.74, 6) is -1.60. The van der Waals surface area contributed by atoms with Crippen molar-refractivity contribution in [2.24, 2.45) is 0 Å². The number of hydrogen-bond acceptors (Lipinski definition) is 4. The quantitative estimate of drug-likeness (QED) is 0.737. The van der Waals surface area contributed by atoms with Gasteiger partial charge in [-0.3, -0.25) is 4.79 Å². The fourth-order valence-electron chi connectivity index (χ4n) is 3.23. The molecule has 2 unspecified atom stereocenters. The van der Waals surface area contributed by atoms with E-state index in [-0.39, 0.29) is 30.4 Å². The van der Waals surface area contributed by atoms with Gasteiger partial charge in [-0.1, -0.05) is 0 Å². The van der Waals surface area contributed by atoms with Crippen LogP contribution >= 0.6 is 0 Å². The number of halogens is 2. The normalized spacial score (nSPS) is 21.1. The Morgan fingerprint density at radius 3 is 2.50 bits per heavy atom. The van der Waals surface area contributed by atoms with Crippen LogP contribution in [-0.2, 0) is 9.53 Å². The number of rotatable bonds is 4. The van der Waals surface area contributed by atoms with E-state index in [0.29, 0.717) is 17.8 Å². The van der Waals surface area contributed by atoms with E-state index in [9.17, 15) is 18.4 Å². The molecular weight excluding hydrogens is 407 g/mol. The molecule has 2 heterocycles. The molecule has 2 atom stereocenters.